The van der Waals surface area contributed by atoms with E-state index in [0.29, 0.717) is 0 Å². The highest BCUT2D eigenvalue weighted by Gasteiger charge is 2.20. The summed E-state index contributed by atoms with van der Waals surface area (Å²) in [6.45, 7) is 0.431. The minimum atomic E-state index is -1.21. The van der Waals surface area contributed by atoms with Crippen LogP contribution in [0, 0.1) is 0 Å². The van der Waals surface area contributed by atoms with Crippen molar-refractivity contribution in [2.24, 2.45) is 5.73 Å². The molecule has 0 bridgehead atoms. The van der Waals surface area contributed by atoms with Gasteiger partial charge in [-0.3, -0.25) is 0 Å². The number of nitrogens with two attached hydrogens (primary N) is 1. The van der Waals surface area contributed by atoms with Crippen LogP contribution >= 0.6 is 15.9 Å². The lowest BCUT2D eigenvalue weighted by Gasteiger charge is -2.20. The third kappa shape index (κ3) is 15.0. The Morgan fingerprint density at radius 2 is 1.38 bits per heavy atom. The fourth-order valence-electron chi connectivity index (χ4n) is 0.150. The van der Waals surface area contributed by atoms with Gasteiger partial charge in [0.15, 0.2) is 0 Å². The molecule has 0 aliphatic carbocycles. The first-order valence-electron chi connectivity index (χ1n) is 3.35. The standard InChI is InChI=1S/C4H11NO3.C2H5BrO.H3N/c5-4(1-6,2-7)3-8;1-2(3)4;/h6-8H,1-3,5H2;2,4H,1H3;1H3. The van der Waals surface area contributed by atoms with Crippen molar-refractivity contribution in [3.63, 3.8) is 0 Å². The number of alkyl halides is 1. The van der Waals surface area contributed by atoms with Crippen molar-refractivity contribution >= 4 is 15.9 Å². The smallest absolute Gasteiger partial charge is 0.106 e. The van der Waals surface area contributed by atoms with E-state index in [2.05, 4.69) is 15.9 Å². The van der Waals surface area contributed by atoms with Crippen LogP contribution in [0.15, 0.2) is 0 Å². The summed E-state index contributed by atoms with van der Waals surface area (Å²) in [4.78, 5) is 0. The first-order valence-corrected chi connectivity index (χ1v) is 4.27. The van der Waals surface area contributed by atoms with Crippen molar-refractivity contribution < 1.29 is 20.4 Å². The van der Waals surface area contributed by atoms with Crippen LogP contribution in [0.3, 0.4) is 0 Å². The quantitative estimate of drug-likeness (QED) is 0.344. The number of aliphatic hydroxyl groups excluding tert-OH is 4. The van der Waals surface area contributed by atoms with Crippen LogP contribution in [0.4, 0.5) is 0 Å². The summed E-state index contributed by atoms with van der Waals surface area (Å²) in [5.74, 6) is 0. The Bertz CT molecular complexity index is 89.6. The van der Waals surface area contributed by atoms with Gasteiger partial charge in [0.2, 0.25) is 0 Å². The minimum absolute atomic E-state index is 0. The number of hydrogen-bond acceptors (Lipinski definition) is 6. The second kappa shape index (κ2) is 10.3. The lowest BCUT2D eigenvalue weighted by molar-refractivity contribution is 0.0698. The van der Waals surface area contributed by atoms with Crippen LogP contribution in [0.1, 0.15) is 6.92 Å². The van der Waals surface area contributed by atoms with Crippen LogP contribution in [0.2, 0.25) is 0 Å². The molecule has 0 aliphatic heterocycles. The zero-order valence-electron chi connectivity index (χ0n) is 7.65. The summed E-state index contributed by atoms with van der Waals surface area (Å²) >= 11 is 2.83. The first-order chi connectivity index (χ1) is 5.41. The van der Waals surface area contributed by atoms with Crippen LogP contribution < -0.4 is 11.9 Å². The molecule has 0 heterocycles. The second-order valence-electron chi connectivity index (χ2n) is 2.41. The van der Waals surface area contributed by atoms with E-state index in [1.807, 2.05) is 0 Å². The van der Waals surface area contributed by atoms with Crippen molar-refractivity contribution in [1.29, 1.82) is 0 Å². The van der Waals surface area contributed by atoms with Crippen LogP contribution in [0.25, 0.3) is 0 Å². The molecule has 0 aliphatic rings. The third-order valence-corrected chi connectivity index (χ3v) is 0.945. The molecule has 0 spiro atoms. The summed E-state index contributed by atoms with van der Waals surface area (Å²) in [7, 11) is 0. The molecule has 0 aromatic carbocycles. The van der Waals surface area contributed by atoms with E-state index in [1.165, 1.54) is 0 Å². The fourth-order valence-corrected chi connectivity index (χ4v) is 0.150. The molecule has 1 unspecified atom stereocenters. The molecule has 0 radical (unpaired) electrons. The van der Waals surface area contributed by atoms with E-state index in [-0.39, 0.29) is 11.2 Å². The molecule has 7 heteroatoms. The fraction of sp³-hybridized carbons (Fsp3) is 1.00. The highest BCUT2D eigenvalue weighted by Crippen LogP contribution is 1.93. The molecule has 0 aromatic heterocycles. The van der Waals surface area contributed by atoms with Crippen LogP contribution in [-0.4, -0.2) is 50.8 Å². The number of aliphatic hydroxyl groups is 4. The Morgan fingerprint density at radius 3 is 1.38 bits per heavy atom. The topological polar surface area (TPSA) is 142 Å². The van der Waals surface area contributed by atoms with Gasteiger partial charge < -0.3 is 32.3 Å². The maximum absolute atomic E-state index is 8.34. The molecular formula is C6H19BrN2O4. The SMILES string of the molecule is CC(O)Br.N.NC(CO)(CO)CO. The molecule has 0 rings (SSSR count). The van der Waals surface area contributed by atoms with Crippen molar-refractivity contribution in [1.82, 2.24) is 6.15 Å². The maximum atomic E-state index is 8.34. The Balaban J connectivity index is -0.000000173. The van der Waals surface area contributed by atoms with E-state index in [0.717, 1.165) is 0 Å². The molecule has 0 aromatic rings. The average Bonchev–Trinajstić information content (AvgIpc) is 2.02. The molecule has 0 fully saturated rings. The summed E-state index contributed by atoms with van der Waals surface area (Å²) < 4.78 is 0. The molecular weight excluding hydrogens is 244 g/mol. The van der Waals surface area contributed by atoms with Gasteiger partial charge in [-0.1, -0.05) is 15.9 Å². The molecule has 13 heavy (non-hydrogen) atoms. The van der Waals surface area contributed by atoms with E-state index in [4.69, 9.17) is 26.2 Å². The third-order valence-electron chi connectivity index (χ3n) is 0.945. The second-order valence-corrected chi connectivity index (χ2v) is 3.74. The van der Waals surface area contributed by atoms with E-state index < -0.39 is 25.4 Å². The summed E-state index contributed by atoms with van der Waals surface area (Å²) in [5, 5.41) is 32.6. The molecule has 0 saturated carbocycles. The van der Waals surface area contributed by atoms with Gasteiger partial charge in [0.05, 0.1) is 25.4 Å². The lowest BCUT2D eigenvalue weighted by Crippen LogP contribution is -2.50. The van der Waals surface area contributed by atoms with Crippen molar-refractivity contribution in [3.8, 4) is 0 Å². The first kappa shape index (κ1) is 18.9. The number of rotatable bonds is 3. The van der Waals surface area contributed by atoms with Gasteiger partial charge >= 0.3 is 0 Å². The molecule has 1 atom stereocenters. The predicted molar refractivity (Wildman–Crippen MR) is 53.8 cm³/mol. The summed E-state index contributed by atoms with van der Waals surface area (Å²) in [6, 6.07) is 0. The Hall–Kier alpha value is 0.240. The normalized spacial score (nSPS) is 12.2. The Labute approximate surface area is 86.1 Å². The van der Waals surface area contributed by atoms with Crippen molar-refractivity contribution in [2.45, 2.75) is 17.5 Å². The highest BCUT2D eigenvalue weighted by atomic mass is 79.9. The van der Waals surface area contributed by atoms with Crippen molar-refractivity contribution in [2.75, 3.05) is 19.8 Å². The zero-order valence-corrected chi connectivity index (χ0v) is 9.24. The molecule has 9 N–H and O–H groups in total. The van der Waals surface area contributed by atoms with E-state index in [1.54, 1.807) is 6.92 Å². The predicted octanol–water partition coefficient (Wildman–Crippen LogP) is -1.46. The van der Waals surface area contributed by atoms with Gasteiger partial charge in [-0.05, 0) is 6.92 Å². The number of halogens is 1. The molecule has 6 nitrogen and oxygen atoms in total. The van der Waals surface area contributed by atoms with Gasteiger partial charge in [0.25, 0.3) is 0 Å². The minimum Gasteiger partial charge on any atom is -0.394 e. The van der Waals surface area contributed by atoms with Gasteiger partial charge in [-0.25, -0.2) is 0 Å². The molecule has 84 valence electrons. The summed E-state index contributed by atoms with van der Waals surface area (Å²) in [5.41, 5.74) is 3.94. The zero-order chi connectivity index (χ0) is 10.2. The van der Waals surface area contributed by atoms with Gasteiger partial charge in [0, 0.05) is 0 Å². The van der Waals surface area contributed by atoms with Crippen LogP contribution in [-0.2, 0) is 0 Å². The average molecular weight is 263 g/mol. The van der Waals surface area contributed by atoms with Crippen LogP contribution in [0.5, 0.6) is 0 Å². The van der Waals surface area contributed by atoms with Gasteiger partial charge in [-0.2, -0.15) is 0 Å². The van der Waals surface area contributed by atoms with E-state index in [9.17, 15) is 0 Å². The lowest BCUT2D eigenvalue weighted by atomic mass is 10.1. The number of hydrogen-bond donors (Lipinski definition) is 6. The monoisotopic (exact) mass is 262 g/mol. The molecule has 0 amide bonds. The van der Waals surface area contributed by atoms with Crippen molar-refractivity contribution in [3.05, 3.63) is 0 Å². The maximum Gasteiger partial charge on any atom is 0.106 e. The Morgan fingerprint density at radius 1 is 1.23 bits per heavy atom. The molecule has 0 saturated heterocycles. The summed E-state index contributed by atoms with van der Waals surface area (Å²) in [6.07, 6.45) is 0. The Kier molecular flexibility index (Phi) is 15.0. The van der Waals surface area contributed by atoms with Gasteiger partial charge in [0.1, 0.15) is 5.01 Å². The van der Waals surface area contributed by atoms with E-state index >= 15 is 0 Å². The largest absolute Gasteiger partial charge is 0.394 e. The highest BCUT2D eigenvalue weighted by molar-refractivity contribution is 9.09. The van der Waals surface area contributed by atoms with Gasteiger partial charge in [-0.15, -0.1) is 0 Å².